The Morgan fingerprint density at radius 2 is 1.87 bits per heavy atom. The molecule has 4 rings (SSSR count). The molecule has 1 amide bonds. The first-order valence-electron chi connectivity index (χ1n) is 9.05. The summed E-state index contributed by atoms with van der Waals surface area (Å²) < 4.78 is 5.39. The van der Waals surface area contributed by atoms with Crippen LogP contribution in [0.1, 0.15) is 10.5 Å². The lowest BCUT2D eigenvalue weighted by atomic mass is 10.1. The van der Waals surface area contributed by atoms with Crippen LogP contribution in [0.25, 0.3) is 22.6 Å². The second-order valence-electron chi connectivity index (χ2n) is 6.20. The number of hydrogen-bond acceptors (Lipinski definition) is 6. The molecule has 152 valence electrons. The number of amides is 1. The normalized spacial score (nSPS) is 10.7. The van der Waals surface area contributed by atoms with Crippen molar-refractivity contribution in [3.05, 3.63) is 70.8 Å². The number of ether oxygens (including phenoxy) is 1. The number of rotatable bonds is 7. The van der Waals surface area contributed by atoms with Crippen molar-refractivity contribution in [3.63, 3.8) is 0 Å². The number of aromatic amines is 1. The minimum Gasteiger partial charge on any atom is -0.491 e. The summed E-state index contributed by atoms with van der Waals surface area (Å²) in [7, 11) is 0. The molecule has 0 aliphatic carbocycles. The molecular formula is C21H17ClN4O3S. The number of anilines is 1. The van der Waals surface area contributed by atoms with E-state index in [1.807, 2.05) is 24.3 Å². The summed E-state index contributed by atoms with van der Waals surface area (Å²) in [5, 5.41) is 14.5. The Hall–Kier alpha value is -3.20. The van der Waals surface area contributed by atoms with E-state index in [0.717, 1.165) is 11.1 Å². The van der Waals surface area contributed by atoms with Crippen LogP contribution in [0.4, 0.5) is 5.13 Å². The van der Waals surface area contributed by atoms with Gasteiger partial charge in [-0.05, 0) is 36.4 Å². The molecule has 0 fully saturated rings. The van der Waals surface area contributed by atoms with E-state index < -0.39 is 0 Å². The van der Waals surface area contributed by atoms with Crippen LogP contribution in [0, 0.1) is 0 Å². The molecule has 2 aromatic heterocycles. The molecule has 2 heterocycles. The van der Waals surface area contributed by atoms with Gasteiger partial charge < -0.3 is 14.8 Å². The second-order valence-corrected chi connectivity index (χ2v) is 7.53. The molecule has 0 saturated heterocycles. The summed E-state index contributed by atoms with van der Waals surface area (Å²) in [4.78, 5) is 24.8. The number of hydrogen-bond donors (Lipinski definition) is 3. The summed E-state index contributed by atoms with van der Waals surface area (Å²) in [5.41, 5.74) is 2.38. The number of halogens is 1. The van der Waals surface area contributed by atoms with Crippen molar-refractivity contribution in [1.82, 2.24) is 15.0 Å². The molecule has 3 N–H and O–H groups in total. The monoisotopic (exact) mass is 440 g/mol. The standard InChI is InChI=1S/C21H17ClN4O3S/c22-15-5-1-13(2-6-15)17-18(20(28)26-21-23-9-12-30-21)25-19(24-17)14-3-7-16(8-4-14)29-11-10-27/h1-9,12,27H,10-11H2,(H,24,25)(H,23,26,28). The van der Waals surface area contributed by atoms with Gasteiger partial charge in [0.15, 0.2) is 5.13 Å². The van der Waals surface area contributed by atoms with E-state index in [-0.39, 0.29) is 19.1 Å². The minimum absolute atomic E-state index is 0.0536. The fraction of sp³-hybridized carbons (Fsp3) is 0.0952. The van der Waals surface area contributed by atoms with E-state index in [2.05, 4.69) is 20.3 Å². The molecule has 0 atom stereocenters. The number of carbonyl (C=O) groups is 1. The molecule has 0 aliphatic heterocycles. The number of aliphatic hydroxyl groups excluding tert-OH is 1. The SMILES string of the molecule is O=C(Nc1nccs1)c1[nH]c(-c2ccc(OCCO)cc2)nc1-c1ccc(Cl)cc1. The number of benzene rings is 2. The Bertz CT molecular complexity index is 1130. The van der Waals surface area contributed by atoms with Crippen molar-refractivity contribution in [3.8, 4) is 28.4 Å². The third-order valence-corrected chi connectivity index (χ3v) is 5.13. The molecule has 0 aliphatic rings. The summed E-state index contributed by atoms with van der Waals surface area (Å²) >= 11 is 7.34. The largest absolute Gasteiger partial charge is 0.491 e. The van der Waals surface area contributed by atoms with Crippen LogP contribution in [-0.2, 0) is 0 Å². The van der Waals surface area contributed by atoms with Crippen LogP contribution < -0.4 is 10.1 Å². The van der Waals surface area contributed by atoms with Crippen LogP contribution in [0.3, 0.4) is 0 Å². The lowest BCUT2D eigenvalue weighted by molar-refractivity contribution is 0.102. The number of nitrogens with one attached hydrogen (secondary N) is 2. The average Bonchev–Trinajstić information content (AvgIpc) is 3.43. The molecule has 0 radical (unpaired) electrons. The Morgan fingerprint density at radius 3 is 2.53 bits per heavy atom. The summed E-state index contributed by atoms with van der Waals surface area (Å²) in [5.74, 6) is 0.841. The summed E-state index contributed by atoms with van der Waals surface area (Å²) in [6.45, 7) is 0.170. The molecule has 0 spiro atoms. The number of thiazole rings is 1. The zero-order valence-corrected chi connectivity index (χ0v) is 17.2. The molecule has 4 aromatic rings. The molecule has 7 nitrogen and oxygen atoms in total. The van der Waals surface area contributed by atoms with Crippen molar-refractivity contribution in [2.45, 2.75) is 0 Å². The topological polar surface area (TPSA) is 100 Å². The molecule has 0 bridgehead atoms. The van der Waals surface area contributed by atoms with Crippen LogP contribution in [-0.4, -0.2) is 39.2 Å². The van der Waals surface area contributed by atoms with E-state index in [1.54, 1.807) is 35.8 Å². The highest BCUT2D eigenvalue weighted by Crippen LogP contribution is 2.29. The highest BCUT2D eigenvalue weighted by molar-refractivity contribution is 7.13. The van der Waals surface area contributed by atoms with Gasteiger partial charge in [0, 0.05) is 27.7 Å². The fourth-order valence-electron chi connectivity index (χ4n) is 2.81. The van der Waals surface area contributed by atoms with Gasteiger partial charge >= 0.3 is 0 Å². The van der Waals surface area contributed by atoms with Gasteiger partial charge in [0.2, 0.25) is 0 Å². The van der Waals surface area contributed by atoms with E-state index in [1.165, 1.54) is 11.3 Å². The zero-order chi connectivity index (χ0) is 20.9. The second kappa shape index (κ2) is 9.08. The van der Waals surface area contributed by atoms with Gasteiger partial charge in [0.25, 0.3) is 5.91 Å². The third-order valence-electron chi connectivity index (χ3n) is 4.19. The number of H-pyrrole nitrogens is 1. The summed E-state index contributed by atoms with van der Waals surface area (Å²) in [6.07, 6.45) is 1.62. The first kappa shape index (κ1) is 20.1. The van der Waals surface area contributed by atoms with Crippen molar-refractivity contribution in [1.29, 1.82) is 0 Å². The minimum atomic E-state index is -0.337. The highest BCUT2D eigenvalue weighted by Gasteiger charge is 2.20. The number of imidazole rings is 1. The molecular weight excluding hydrogens is 424 g/mol. The molecule has 0 unspecified atom stereocenters. The lowest BCUT2D eigenvalue weighted by Gasteiger charge is -2.04. The number of aliphatic hydroxyl groups is 1. The Labute approximate surface area is 181 Å². The molecule has 0 saturated carbocycles. The number of aromatic nitrogens is 3. The summed E-state index contributed by atoms with van der Waals surface area (Å²) in [6, 6.07) is 14.4. The van der Waals surface area contributed by atoms with Crippen molar-refractivity contribution >= 4 is 34.0 Å². The van der Waals surface area contributed by atoms with Gasteiger partial charge in [-0.1, -0.05) is 23.7 Å². The van der Waals surface area contributed by atoms with Crippen LogP contribution in [0.2, 0.25) is 5.02 Å². The smallest absolute Gasteiger partial charge is 0.276 e. The predicted octanol–water partition coefficient (Wildman–Crippen LogP) is 4.48. The molecule has 9 heteroatoms. The van der Waals surface area contributed by atoms with Gasteiger partial charge in [0.05, 0.1) is 6.61 Å². The number of carbonyl (C=O) groups excluding carboxylic acids is 1. The first-order valence-corrected chi connectivity index (χ1v) is 10.3. The van der Waals surface area contributed by atoms with Gasteiger partial charge in [0.1, 0.15) is 29.6 Å². The highest BCUT2D eigenvalue weighted by atomic mass is 35.5. The van der Waals surface area contributed by atoms with Gasteiger partial charge in [-0.2, -0.15) is 0 Å². The quantitative estimate of drug-likeness (QED) is 0.393. The van der Waals surface area contributed by atoms with Crippen molar-refractivity contribution in [2.24, 2.45) is 0 Å². The van der Waals surface area contributed by atoms with Gasteiger partial charge in [-0.25, -0.2) is 9.97 Å². The number of nitrogens with zero attached hydrogens (tertiary/aromatic N) is 2. The first-order chi connectivity index (χ1) is 14.6. The van der Waals surface area contributed by atoms with Gasteiger partial charge in [-0.15, -0.1) is 11.3 Å². The zero-order valence-electron chi connectivity index (χ0n) is 15.6. The maximum Gasteiger partial charge on any atom is 0.276 e. The predicted molar refractivity (Wildman–Crippen MR) is 117 cm³/mol. The molecule has 2 aromatic carbocycles. The van der Waals surface area contributed by atoms with E-state index in [0.29, 0.717) is 33.1 Å². The average molecular weight is 441 g/mol. The van der Waals surface area contributed by atoms with E-state index in [9.17, 15) is 4.79 Å². The van der Waals surface area contributed by atoms with E-state index in [4.69, 9.17) is 21.4 Å². The maximum absolute atomic E-state index is 12.9. The van der Waals surface area contributed by atoms with Crippen LogP contribution >= 0.6 is 22.9 Å². The third kappa shape index (κ3) is 4.51. The maximum atomic E-state index is 12.9. The Balaban J connectivity index is 1.69. The van der Waals surface area contributed by atoms with Crippen LogP contribution in [0.5, 0.6) is 5.75 Å². The van der Waals surface area contributed by atoms with Crippen molar-refractivity contribution in [2.75, 3.05) is 18.5 Å². The van der Waals surface area contributed by atoms with Crippen LogP contribution in [0.15, 0.2) is 60.1 Å². The fourth-order valence-corrected chi connectivity index (χ4v) is 3.46. The lowest BCUT2D eigenvalue weighted by Crippen LogP contribution is -2.13. The molecule has 30 heavy (non-hydrogen) atoms. The van der Waals surface area contributed by atoms with Crippen molar-refractivity contribution < 1.29 is 14.6 Å². The van der Waals surface area contributed by atoms with E-state index >= 15 is 0 Å². The Morgan fingerprint density at radius 1 is 1.13 bits per heavy atom. The van der Waals surface area contributed by atoms with Gasteiger partial charge in [-0.3, -0.25) is 10.1 Å². The Kier molecular flexibility index (Phi) is 6.08.